The van der Waals surface area contributed by atoms with Gasteiger partial charge in [-0.3, -0.25) is 4.98 Å². The molecule has 0 radical (unpaired) electrons. The van der Waals surface area contributed by atoms with Gasteiger partial charge < -0.3 is 5.73 Å². The molecule has 0 saturated heterocycles. The molecule has 2 N–H and O–H groups in total. The molecular formula is C14H24N2. The largest absolute Gasteiger partial charge is 0.324 e. The molecule has 0 aromatic carbocycles. The minimum Gasteiger partial charge on any atom is -0.324 e. The third-order valence-corrected chi connectivity index (χ3v) is 2.94. The first kappa shape index (κ1) is 13.2. The van der Waals surface area contributed by atoms with Crippen LogP contribution in [0.1, 0.15) is 62.6 Å². The maximum Gasteiger partial charge on any atom is 0.0315 e. The summed E-state index contributed by atoms with van der Waals surface area (Å²) in [6.45, 7) is 4.30. The third kappa shape index (κ3) is 4.75. The van der Waals surface area contributed by atoms with E-state index in [2.05, 4.69) is 24.9 Å². The molecule has 0 aliphatic carbocycles. The Labute approximate surface area is 99.3 Å². The lowest BCUT2D eigenvalue weighted by atomic mass is 10.0. The summed E-state index contributed by atoms with van der Waals surface area (Å²) in [5.74, 6) is 0. The molecule has 90 valence electrons. The molecule has 2 heteroatoms. The minimum absolute atomic E-state index is 0.161. The highest BCUT2D eigenvalue weighted by Crippen LogP contribution is 2.17. The summed E-state index contributed by atoms with van der Waals surface area (Å²) in [6, 6.07) is 2.30. The van der Waals surface area contributed by atoms with Crippen LogP contribution in [0.5, 0.6) is 0 Å². The number of hydrogen-bond donors (Lipinski definition) is 1. The Balaban J connectivity index is 2.27. The Morgan fingerprint density at radius 1 is 1.19 bits per heavy atom. The summed E-state index contributed by atoms with van der Waals surface area (Å²) < 4.78 is 0. The number of nitrogens with two attached hydrogens (primary N) is 1. The van der Waals surface area contributed by atoms with Crippen molar-refractivity contribution in [3.8, 4) is 0 Å². The molecule has 1 heterocycles. The van der Waals surface area contributed by atoms with E-state index in [1.807, 2.05) is 12.4 Å². The van der Waals surface area contributed by atoms with Crippen molar-refractivity contribution in [2.24, 2.45) is 5.73 Å². The molecule has 0 spiro atoms. The predicted octanol–water partition coefficient (Wildman–Crippen LogP) is 3.75. The van der Waals surface area contributed by atoms with E-state index in [1.165, 1.54) is 43.2 Å². The van der Waals surface area contributed by atoms with Gasteiger partial charge in [0.2, 0.25) is 0 Å². The van der Waals surface area contributed by atoms with Crippen molar-refractivity contribution >= 4 is 0 Å². The predicted molar refractivity (Wildman–Crippen MR) is 69.3 cm³/mol. The minimum atomic E-state index is 0.161. The van der Waals surface area contributed by atoms with Crippen LogP contribution in [-0.2, 0) is 0 Å². The van der Waals surface area contributed by atoms with Gasteiger partial charge in [0, 0.05) is 18.4 Å². The number of aromatic nitrogens is 1. The van der Waals surface area contributed by atoms with E-state index in [0.717, 1.165) is 6.42 Å². The Morgan fingerprint density at radius 3 is 2.62 bits per heavy atom. The molecule has 0 bridgehead atoms. The Hall–Kier alpha value is -0.890. The molecular weight excluding hydrogens is 196 g/mol. The Bertz CT molecular complexity index is 297. The molecule has 0 aliphatic heterocycles. The highest BCUT2D eigenvalue weighted by Gasteiger charge is 2.05. The summed E-state index contributed by atoms with van der Waals surface area (Å²) in [6.07, 6.45) is 11.4. The second kappa shape index (κ2) is 7.39. The van der Waals surface area contributed by atoms with Crippen LogP contribution in [0.3, 0.4) is 0 Å². The van der Waals surface area contributed by atoms with Crippen LogP contribution in [0.4, 0.5) is 0 Å². The fourth-order valence-electron chi connectivity index (χ4n) is 1.92. The van der Waals surface area contributed by atoms with Gasteiger partial charge >= 0.3 is 0 Å². The molecule has 1 rings (SSSR count). The fraction of sp³-hybridized carbons (Fsp3) is 0.643. The molecule has 0 amide bonds. The van der Waals surface area contributed by atoms with Crippen LogP contribution >= 0.6 is 0 Å². The number of aryl methyl sites for hydroxylation is 1. The maximum absolute atomic E-state index is 6.14. The molecule has 0 fully saturated rings. The standard InChI is InChI=1S/C14H24N2/c1-3-4-5-6-7-8-14(15)13-9-12(2)10-16-11-13/h9-11,14H,3-8,15H2,1-2H3. The SMILES string of the molecule is CCCCCCCC(N)c1cncc(C)c1. The molecule has 0 saturated carbocycles. The molecule has 1 atom stereocenters. The van der Waals surface area contributed by atoms with Crippen LogP contribution < -0.4 is 5.73 Å². The van der Waals surface area contributed by atoms with Gasteiger partial charge in [0.25, 0.3) is 0 Å². The van der Waals surface area contributed by atoms with Crippen molar-refractivity contribution in [2.75, 3.05) is 0 Å². The normalized spacial score (nSPS) is 12.7. The average Bonchev–Trinajstić information content (AvgIpc) is 2.28. The molecule has 1 aromatic heterocycles. The molecule has 2 nitrogen and oxygen atoms in total. The second-order valence-electron chi connectivity index (χ2n) is 4.61. The number of pyridine rings is 1. The van der Waals surface area contributed by atoms with Crippen LogP contribution in [0.2, 0.25) is 0 Å². The lowest BCUT2D eigenvalue weighted by Gasteiger charge is -2.11. The molecule has 1 aromatic rings. The van der Waals surface area contributed by atoms with Gasteiger partial charge in [-0.1, -0.05) is 45.1 Å². The Kier molecular flexibility index (Phi) is 6.09. The van der Waals surface area contributed by atoms with Crippen molar-refractivity contribution in [1.82, 2.24) is 4.98 Å². The van der Waals surface area contributed by atoms with Crippen LogP contribution in [0, 0.1) is 6.92 Å². The van der Waals surface area contributed by atoms with Gasteiger partial charge in [0.15, 0.2) is 0 Å². The molecule has 16 heavy (non-hydrogen) atoms. The number of rotatable bonds is 7. The van der Waals surface area contributed by atoms with Crippen LogP contribution in [0.25, 0.3) is 0 Å². The lowest BCUT2D eigenvalue weighted by Crippen LogP contribution is -2.10. The van der Waals surface area contributed by atoms with Crippen molar-refractivity contribution in [3.05, 3.63) is 29.6 Å². The molecule has 0 aliphatic rings. The Morgan fingerprint density at radius 2 is 1.94 bits per heavy atom. The quantitative estimate of drug-likeness (QED) is 0.711. The zero-order valence-corrected chi connectivity index (χ0v) is 10.6. The first-order chi connectivity index (χ1) is 7.74. The van der Waals surface area contributed by atoms with Crippen LogP contribution in [-0.4, -0.2) is 4.98 Å². The van der Waals surface area contributed by atoms with Gasteiger partial charge in [-0.15, -0.1) is 0 Å². The fourth-order valence-corrected chi connectivity index (χ4v) is 1.92. The zero-order valence-electron chi connectivity index (χ0n) is 10.6. The van der Waals surface area contributed by atoms with Gasteiger partial charge in [-0.2, -0.15) is 0 Å². The highest BCUT2D eigenvalue weighted by molar-refractivity contribution is 5.19. The second-order valence-corrected chi connectivity index (χ2v) is 4.61. The van der Waals surface area contributed by atoms with Crippen molar-refractivity contribution < 1.29 is 0 Å². The van der Waals surface area contributed by atoms with E-state index >= 15 is 0 Å². The van der Waals surface area contributed by atoms with E-state index < -0.39 is 0 Å². The topological polar surface area (TPSA) is 38.9 Å². The summed E-state index contributed by atoms with van der Waals surface area (Å²) in [4.78, 5) is 4.18. The summed E-state index contributed by atoms with van der Waals surface area (Å²) in [7, 11) is 0. The number of nitrogens with zero attached hydrogens (tertiary/aromatic N) is 1. The summed E-state index contributed by atoms with van der Waals surface area (Å²) in [5.41, 5.74) is 8.51. The van der Waals surface area contributed by atoms with Gasteiger partial charge in [0.1, 0.15) is 0 Å². The number of hydrogen-bond acceptors (Lipinski definition) is 2. The van der Waals surface area contributed by atoms with E-state index in [4.69, 9.17) is 5.73 Å². The van der Waals surface area contributed by atoms with Crippen molar-refractivity contribution in [2.45, 2.75) is 58.4 Å². The smallest absolute Gasteiger partial charge is 0.0315 e. The summed E-state index contributed by atoms with van der Waals surface area (Å²) in [5, 5.41) is 0. The third-order valence-electron chi connectivity index (χ3n) is 2.94. The van der Waals surface area contributed by atoms with Crippen molar-refractivity contribution in [1.29, 1.82) is 0 Å². The van der Waals surface area contributed by atoms with Gasteiger partial charge in [0.05, 0.1) is 0 Å². The monoisotopic (exact) mass is 220 g/mol. The first-order valence-electron chi connectivity index (χ1n) is 6.41. The van der Waals surface area contributed by atoms with Gasteiger partial charge in [-0.05, 0) is 24.5 Å². The van der Waals surface area contributed by atoms with Gasteiger partial charge in [-0.25, -0.2) is 0 Å². The highest BCUT2D eigenvalue weighted by atomic mass is 14.7. The van der Waals surface area contributed by atoms with Crippen molar-refractivity contribution in [3.63, 3.8) is 0 Å². The van der Waals surface area contributed by atoms with E-state index in [-0.39, 0.29) is 6.04 Å². The first-order valence-corrected chi connectivity index (χ1v) is 6.41. The van der Waals surface area contributed by atoms with E-state index in [1.54, 1.807) is 0 Å². The summed E-state index contributed by atoms with van der Waals surface area (Å²) >= 11 is 0. The average molecular weight is 220 g/mol. The lowest BCUT2D eigenvalue weighted by molar-refractivity contribution is 0.554. The van der Waals surface area contributed by atoms with E-state index in [0.29, 0.717) is 0 Å². The van der Waals surface area contributed by atoms with E-state index in [9.17, 15) is 0 Å². The molecule has 1 unspecified atom stereocenters. The number of unbranched alkanes of at least 4 members (excludes halogenated alkanes) is 4. The zero-order chi connectivity index (χ0) is 11.8. The van der Waals surface area contributed by atoms with Crippen LogP contribution in [0.15, 0.2) is 18.5 Å². The maximum atomic E-state index is 6.14.